The molecule has 0 aliphatic heterocycles. The van der Waals surface area contributed by atoms with Crippen molar-refractivity contribution >= 4 is 27.8 Å². The van der Waals surface area contributed by atoms with Crippen LogP contribution in [0.1, 0.15) is 15.9 Å². The Labute approximate surface area is 142 Å². The van der Waals surface area contributed by atoms with Gasteiger partial charge in [0, 0.05) is 16.5 Å². The molecule has 0 heterocycles. The minimum Gasteiger partial charge on any atom is -0.508 e. The molecule has 0 fully saturated rings. The van der Waals surface area contributed by atoms with Crippen LogP contribution in [0.5, 0.6) is 5.75 Å². The van der Waals surface area contributed by atoms with E-state index in [1.54, 1.807) is 0 Å². The maximum absolute atomic E-state index is 12.2. The highest BCUT2D eigenvalue weighted by atomic mass is 79.9. The number of phenolic OH excluding ortho intramolecular Hbond substituents is 1. The number of hydrogen-bond donors (Lipinski definition) is 2. The van der Waals surface area contributed by atoms with Crippen LogP contribution in [0.25, 0.3) is 0 Å². The van der Waals surface area contributed by atoms with Gasteiger partial charge in [-0.25, -0.2) is 4.79 Å². The molecule has 0 bridgehead atoms. The third-order valence-electron chi connectivity index (χ3n) is 3.25. The Bertz CT molecular complexity index is 700. The number of ether oxygens (including phenoxy) is 1. The summed E-state index contributed by atoms with van der Waals surface area (Å²) in [6.45, 7) is 0. The summed E-state index contributed by atoms with van der Waals surface area (Å²) in [5, 5.41) is 11.9. The van der Waals surface area contributed by atoms with E-state index in [2.05, 4.69) is 21.2 Å². The number of methoxy groups -OCH3 is 1. The Hall–Kier alpha value is -2.34. The average Bonchev–Trinajstić information content (AvgIpc) is 2.54. The summed E-state index contributed by atoms with van der Waals surface area (Å²) < 4.78 is 5.66. The lowest BCUT2D eigenvalue weighted by Gasteiger charge is -2.17. The molecule has 6 heteroatoms. The van der Waals surface area contributed by atoms with Gasteiger partial charge in [-0.3, -0.25) is 4.79 Å². The number of nitrogens with one attached hydrogen (secondary N) is 1. The summed E-state index contributed by atoms with van der Waals surface area (Å²) in [7, 11) is 1.28. The van der Waals surface area contributed by atoms with Crippen LogP contribution in [0.2, 0.25) is 0 Å². The average molecular weight is 378 g/mol. The van der Waals surface area contributed by atoms with Crippen molar-refractivity contribution in [2.24, 2.45) is 0 Å². The number of esters is 1. The molecule has 0 unspecified atom stereocenters. The normalized spacial score (nSPS) is 11.6. The number of halogens is 1. The largest absolute Gasteiger partial charge is 0.508 e. The molecule has 0 aromatic heterocycles. The Balaban J connectivity index is 2.13. The van der Waals surface area contributed by atoms with Crippen molar-refractivity contribution in [2.75, 3.05) is 7.11 Å². The Morgan fingerprint density at radius 2 is 1.91 bits per heavy atom. The molecule has 2 aromatic rings. The number of benzene rings is 2. The summed E-state index contributed by atoms with van der Waals surface area (Å²) in [6, 6.07) is 12.5. The van der Waals surface area contributed by atoms with Gasteiger partial charge in [0.05, 0.1) is 7.11 Å². The minimum atomic E-state index is -0.796. The smallest absolute Gasteiger partial charge is 0.328 e. The molecular formula is C17H16BrNO4. The van der Waals surface area contributed by atoms with Crippen molar-refractivity contribution in [1.82, 2.24) is 5.32 Å². The quantitative estimate of drug-likeness (QED) is 0.785. The summed E-state index contributed by atoms with van der Waals surface area (Å²) in [4.78, 5) is 24.2. The lowest BCUT2D eigenvalue weighted by molar-refractivity contribution is -0.142. The summed E-state index contributed by atoms with van der Waals surface area (Å²) in [5.74, 6) is -0.854. The van der Waals surface area contributed by atoms with E-state index in [1.165, 1.54) is 31.4 Å². The zero-order valence-electron chi connectivity index (χ0n) is 12.5. The molecule has 0 aliphatic rings. The standard InChI is InChI=1S/C17H16BrNO4/c1-23-17(22)15(10-11-3-2-4-13(18)9-11)19-16(21)12-5-7-14(20)8-6-12/h2-9,15,20H,10H2,1H3,(H,19,21)/t15-/m0/s1. The lowest BCUT2D eigenvalue weighted by atomic mass is 10.1. The van der Waals surface area contributed by atoms with Crippen molar-refractivity contribution in [3.8, 4) is 5.75 Å². The number of hydrogen-bond acceptors (Lipinski definition) is 4. The van der Waals surface area contributed by atoms with E-state index in [4.69, 9.17) is 4.74 Å². The van der Waals surface area contributed by atoms with Gasteiger partial charge >= 0.3 is 5.97 Å². The third kappa shape index (κ3) is 4.82. The number of phenols is 1. The van der Waals surface area contributed by atoms with Crippen molar-refractivity contribution in [1.29, 1.82) is 0 Å². The maximum atomic E-state index is 12.2. The van der Waals surface area contributed by atoms with Crippen molar-refractivity contribution in [3.05, 3.63) is 64.1 Å². The first-order chi connectivity index (χ1) is 11.0. The molecular weight excluding hydrogens is 362 g/mol. The first-order valence-corrected chi connectivity index (χ1v) is 7.71. The number of carbonyl (C=O) groups excluding carboxylic acids is 2. The molecule has 1 atom stereocenters. The molecule has 0 spiro atoms. The summed E-state index contributed by atoms with van der Waals surface area (Å²) >= 11 is 3.37. The molecule has 0 aliphatic carbocycles. The molecule has 1 amide bonds. The van der Waals surface area contributed by atoms with Crippen LogP contribution in [0, 0.1) is 0 Å². The van der Waals surface area contributed by atoms with E-state index in [9.17, 15) is 14.7 Å². The zero-order valence-corrected chi connectivity index (χ0v) is 14.0. The fourth-order valence-corrected chi connectivity index (χ4v) is 2.54. The number of aromatic hydroxyl groups is 1. The molecule has 2 rings (SSSR count). The van der Waals surface area contributed by atoms with Crippen LogP contribution in [-0.2, 0) is 16.0 Å². The van der Waals surface area contributed by atoms with E-state index >= 15 is 0 Å². The lowest BCUT2D eigenvalue weighted by Crippen LogP contribution is -2.43. The molecule has 2 aromatic carbocycles. The van der Waals surface area contributed by atoms with Gasteiger partial charge < -0.3 is 15.2 Å². The van der Waals surface area contributed by atoms with E-state index < -0.39 is 17.9 Å². The first kappa shape index (κ1) is 17.0. The van der Waals surface area contributed by atoms with Crippen LogP contribution in [0.15, 0.2) is 53.0 Å². The van der Waals surface area contributed by atoms with Gasteiger partial charge in [-0.05, 0) is 42.0 Å². The Kier molecular flexibility index (Phi) is 5.76. The molecule has 0 saturated carbocycles. The van der Waals surface area contributed by atoms with Crippen LogP contribution in [-0.4, -0.2) is 30.1 Å². The van der Waals surface area contributed by atoms with Gasteiger partial charge in [-0.1, -0.05) is 28.1 Å². The Morgan fingerprint density at radius 1 is 1.22 bits per heavy atom. The second kappa shape index (κ2) is 7.78. The third-order valence-corrected chi connectivity index (χ3v) is 3.74. The van der Waals surface area contributed by atoms with Gasteiger partial charge in [0.25, 0.3) is 5.91 Å². The second-order valence-corrected chi connectivity index (χ2v) is 5.85. The number of amides is 1. The number of rotatable bonds is 5. The van der Waals surface area contributed by atoms with E-state index in [0.717, 1.165) is 10.0 Å². The first-order valence-electron chi connectivity index (χ1n) is 6.92. The van der Waals surface area contributed by atoms with Crippen LogP contribution in [0.3, 0.4) is 0 Å². The van der Waals surface area contributed by atoms with Crippen LogP contribution >= 0.6 is 15.9 Å². The summed E-state index contributed by atoms with van der Waals surface area (Å²) in [5.41, 5.74) is 1.24. The van der Waals surface area contributed by atoms with Crippen LogP contribution < -0.4 is 5.32 Å². The fourth-order valence-electron chi connectivity index (χ4n) is 2.09. The van der Waals surface area contributed by atoms with E-state index in [-0.39, 0.29) is 5.75 Å². The van der Waals surface area contributed by atoms with Crippen molar-refractivity contribution in [3.63, 3.8) is 0 Å². The van der Waals surface area contributed by atoms with Gasteiger partial charge in [0.2, 0.25) is 0 Å². The molecule has 2 N–H and O–H groups in total. The SMILES string of the molecule is COC(=O)[C@H](Cc1cccc(Br)c1)NC(=O)c1ccc(O)cc1. The predicted octanol–water partition coefficient (Wildman–Crippen LogP) is 2.67. The van der Waals surface area contributed by atoms with Crippen LogP contribution in [0.4, 0.5) is 0 Å². The highest BCUT2D eigenvalue weighted by Gasteiger charge is 2.22. The molecule has 0 radical (unpaired) electrons. The summed E-state index contributed by atoms with van der Waals surface area (Å²) in [6.07, 6.45) is 0.315. The van der Waals surface area contributed by atoms with Gasteiger partial charge in [0.1, 0.15) is 11.8 Å². The number of carbonyl (C=O) groups is 2. The van der Waals surface area contributed by atoms with Gasteiger partial charge in [-0.15, -0.1) is 0 Å². The topological polar surface area (TPSA) is 75.6 Å². The van der Waals surface area contributed by atoms with E-state index in [0.29, 0.717) is 12.0 Å². The van der Waals surface area contributed by atoms with Crippen molar-refractivity contribution in [2.45, 2.75) is 12.5 Å². The molecule has 120 valence electrons. The Morgan fingerprint density at radius 3 is 2.52 bits per heavy atom. The van der Waals surface area contributed by atoms with Gasteiger partial charge in [-0.2, -0.15) is 0 Å². The van der Waals surface area contributed by atoms with E-state index in [1.807, 2.05) is 24.3 Å². The molecule has 0 saturated heterocycles. The van der Waals surface area contributed by atoms with Gasteiger partial charge in [0.15, 0.2) is 0 Å². The highest BCUT2D eigenvalue weighted by Crippen LogP contribution is 2.14. The molecule has 23 heavy (non-hydrogen) atoms. The second-order valence-electron chi connectivity index (χ2n) is 4.93. The zero-order chi connectivity index (χ0) is 16.8. The predicted molar refractivity (Wildman–Crippen MR) is 89.2 cm³/mol. The minimum absolute atomic E-state index is 0.0696. The fraction of sp³-hybridized carbons (Fsp3) is 0.176. The maximum Gasteiger partial charge on any atom is 0.328 e. The van der Waals surface area contributed by atoms with Crippen molar-refractivity contribution < 1.29 is 19.4 Å². The highest BCUT2D eigenvalue weighted by molar-refractivity contribution is 9.10. The molecule has 5 nitrogen and oxygen atoms in total. The monoisotopic (exact) mass is 377 g/mol.